The molecule has 1 aromatic carbocycles. The van der Waals surface area contributed by atoms with Gasteiger partial charge < -0.3 is 10.2 Å². The van der Waals surface area contributed by atoms with Gasteiger partial charge in [0.05, 0.1) is 0 Å². The van der Waals surface area contributed by atoms with Crippen LogP contribution >= 0.6 is 0 Å². The minimum atomic E-state index is 0.506. The van der Waals surface area contributed by atoms with Crippen LogP contribution in [-0.2, 0) is 0 Å². The van der Waals surface area contributed by atoms with Gasteiger partial charge in [0.15, 0.2) is 0 Å². The molecule has 2 saturated heterocycles. The Kier molecular flexibility index (Phi) is 3.40. The Hall–Kier alpha value is -0.860. The molecule has 2 heterocycles. The first kappa shape index (κ1) is 12.2. The van der Waals surface area contributed by atoms with E-state index >= 15 is 0 Å². The molecule has 0 saturated carbocycles. The van der Waals surface area contributed by atoms with E-state index in [0.29, 0.717) is 5.41 Å². The number of nitrogens with one attached hydrogen (secondary N) is 1. The van der Waals surface area contributed by atoms with E-state index in [0.717, 1.165) is 5.92 Å². The van der Waals surface area contributed by atoms with E-state index in [4.69, 9.17) is 0 Å². The Morgan fingerprint density at radius 1 is 1.33 bits per heavy atom. The van der Waals surface area contributed by atoms with Crippen LogP contribution in [0, 0.1) is 5.41 Å². The third-order valence-corrected chi connectivity index (χ3v) is 4.61. The lowest BCUT2D eigenvalue weighted by Crippen LogP contribution is -2.36. The zero-order chi connectivity index (χ0) is 12.4. The van der Waals surface area contributed by atoms with Gasteiger partial charge in [-0.2, -0.15) is 0 Å². The monoisotopic (exact) mass is 244 g/mol. The largest absolute Gasteiger partial charge is 0.316 e. The highest BCUT2D eigenvalue weighted by atomic mass is 15.2. The Morgan fingerprint density at radius 3 is 2.89 bits per heavy atom. The van der Waals surface area contributed by atoms with Gasteiger partial charge in [-0.15, -0.1) is 0 Å². The maximum Gasteiger partial charge on any atom is 0.00510 e. The van der Waals surface area contributed by atoms with Gasteiger partial charge in [0, 0.05) is 19.6 Å². The summed E-state index contributed by atoms with van der Waals surface area (Å²) >= 11 is 0. The Morgan fingerprint density at radius 2 is 2.17 bits per heavy atom. The van der Waals surface area contributed by atoms with Gasteiger partial charge in [-0.25, -0.2) is 0 Å². The second kappa shape index (κ2) is 5.02. The number of benzene rings is 1. The molecule has 2 nitrogen and oxygen atoms in total. The lowest BCUT2D eigenvalue weighted by molar-refractivity contribution is 0.207. The number of hydrogen-bond acceptors (Lipinski definition) is 2. The molecule has 1 aromatic rings. The van der Waals surface area contributed by atoms with Crippen LogP contribution in [0.4, 0.5) is 0 Å². The molecule has 2 heteroatoms. The smallest absolute Gasteiger partial charge is 0.00510 e. The number of hydrogen-bond donors (Lipinski definition) is 1. The van der Waals surface area contributed by atoms with Crippen LogP contribution in [0.5, 0.6) is 0 Å². The third-order valence-electron chi connectivity index (χ3n) is 4.61. The maximum absolute atomic E-state index is 3.50. The first-order chi connectivity index (χ1) is 8.75. The summed E-state index contributed by atoms with van der Waals surface area (Å²) in [5.74, 6) is 0.754. The minimum absolute atomic E-state index is 0.506. The second-order valence-corrected chi connectivity index (χ2v) is 6.37. The summed E-state index contributed by atoms with van der Waals surface area (Å²) in [7, 11) is 0. The van der Waals surface area contributed by atoms with Crippen LogP contribution in [0.2, 0.25) is 0 Å². The Bertz CT molecular complexity index is 381. The van der Waals surface area contributed by atoms with E-state index in [1.54, 1.807) is 0 Å². The fourth-order valence-electron chi connectivity index (χ4n) is 3.52. The third kappa shape index (κ3) is 2.60. The van der Waals surface area contributed by atoms with Crippen LogP contribution < -0.4 is 5.32 Å². The predicted molar refractivity (Wildman–Crippen MR) is 75.8 cm³/mol. The van der Waals surface area contributed by atoms with E-state index in [2.05, 4.69) is 47.5 Å². The van der Waals surface area contributed by atoms with Crippen molar-refractivity contribution in [3.63, 3.8) is 0 Å². The molecule has 2 aliphatic rings. The van der Waals surface area contributed by atoms with Crippen molar-refractivity contribution in [1.29, 1.82) is 0 Å². The quantitative estimate of drug-likeness (QED) is 0.879. The Labute approximate surface area is 110 Å². The fourth-order valence-corrected chi connectivity index (χ4v) is 3.52. The van der Waals surface area contributed by atoms with Crippen molar-refractivity contribution in [2.75, 3.05) is 32.7 Å². The molecular weight excluding hydrogens is 220 g/mol. The summed E-state index contributed by atoms with van der Waals surface area (Å²) in [5.41, 5.74) is 2.03. The second-order valence-electron chi connectivity index (χ2n) is 6.37. The molecule has 3 rings (SSSR count). The average molecular weight is 244 g/mol. The summed E-state index contributed by atoms with van der Waals surface area (Å²) in [6.45, 7) is 8.62. The maximum atomic E-state index is 3.50. The van der Waals surface area contributed by atoms with Gasteiger partial charge in [0.1, 0.15) is 0 Å². The van der Waals surface area contributed by atoms with Gasteiger partial charge in [0.25, 0.3) is 0 Å². The minimum Gasteiger partial charge on any atom is -0.316 e. The summed E-state index contributed by atoms with van der Waals surface area (Å²) in [6.07, 6.45) is 2.66. The topological polar surface area (TPSA) is 15.3 Å². The zero-order valence-electron chi connectivity index (χ0n) is 11.4. The molecular formula is C16H24N2. The molecule has 2 unspecified atom stereocenters. The fraction of sp³-hybridized carbons (Fsp3) is 0.625. The zero-order valence-corrected chi connectivity index (χ0v) is 11.4. The number of rotatable bonds is 3. The molecule has 2 atom stereocenters. The molecule has 18 heavy (non-hydrogen) atoms. The molecule has 2 aliphatic heterocycles. The highest BCUT2D eigenvalue weighted by Gasteiger charge is 2.33. The van der Waals surface area contributed by atoms with Crippen LogP contribution in [0.25, 0.3) is 0 Å². The Balaban J connectivity index is 1.59. The van der Waals surface area contributed by atoms with Gasteiger partial charge in [0.2, 0.25) is 0 Å². The first-order valence-electron chi connectivity index (χ1n) is 7.23. The average Bonchev–Trinajstić information content (AvgIpc) is 3.00. The van der Waals surface area contributed by atoms with E-state index in [1.165, 1.54) is 51.1 Å². The molecule has 0 spiro atoms. The first-order valence-corrected chi connectivity index (χ1v) is 7.23. The standard InChI is InChI=1S/C16H24N2/c1-16(8-9-17-12-16)13-18-10-7-15(11-18)14-5-3-2-4-6-14/h2-6,15,17H,7-13H2,1H3. The molecule has 2 fully saturated rings. The summed E-state index contributed by atoms with van der Waals surface area (Å²) in [6, 6.07) is 11.0. The normalized spacial score (nSPS) is 33.1. The van der Waals surface area contributed by atoms with Gasteiger partial charge in [-0.1, -0.05) is 37.3 Å². The highest BCUT2D eigenvalue weighted by Crippen LogP contribution is 2.31. The van der Waals surface area contributed by atoms with Crippen LogP contribution in [0.15, 0.2) is 30.3 Å². The van der Waals surface area contributed by atoms with Crippen molar-refractivity contribution in [3.8, 4) is 0 Å². The summed E-state index contributed by atoms with van der Waals surface area (Å²) in [4.78, 5) is 2.67. The molecule has 0 aromatic heterocycles. The SMILES string of the molecule is CC1(CN2CCC(c3ccccc3)C2)CCNC1. The van der Waals surface area contributed by atoms with Crippen molar-refractivity contribution in [2.45, 2.75) is 25.7 Å². The summed E-state index contributed by atoms with van der Waals surface area (Å²) < 4.78 is 0. The van der Waals surface area contributed by atoms with Crippen molar-refractivity contribution in [1.82, 2.24) is 10.2 Å². The van der Waals surface area contributed by atoms with Gasteiger partial charge >= 0.3 is 0 Å². The predicted octanol–water partition coefficient (Wildman–Crippen LogP) is 2.48. The lowest BCUT2D eigenvalue weighted by Gasteiger charge is -2.29. The van der Waals surface area contributed by atoms with Gasteiger partial charge in [-0.3, -0.25) is 0 Å². The van der Waals surface area contributed by atoms with Crippen molar-refractivity contribution >= 4 is 0 Å². The number of likely N-dealkylation sites (tertiary alicyclic amines) is 1. The molecule has 0 amide bonds. The van der Waals surface area contributed by atoms with Crippen molar-refractivity contribution in [2.24, 2.45) is 5.41 Å². The molecule has 1 N–H and O–H groups in total. The van der Waals surface area contributed by atoms with E-state index < -0.39 is 0 Å². The van der Waals surface area contributed by atoms with Crippen LogP contribution in [0.3, 0.4) is 0 Å². The van der Waals surface area contributed by atoms with Crippen LogP contribution in [0.1, 0.15) is 31.2 Å². The highest BCUT2D eigenvalue weighted by molar-refractivity contribution is 5.21. The number of nitrogens with zero attached hydrogens (tertiary/aromatic N) is 1. The van der Waals surface area contributed by atoms with Crippen LogP contribution in [-0.4, -0.2) is 37.6 Å². The molecule has 0 aliphatic carbocycles. The van der Waals surface area contributed by atoms with E-state index in [9.17, 15) is 0 Å². The summed E-state index contributed by atoms with van der Waals surface area (Å²) in [5, 5.41) is 3.50. The lowest BCUT2D eigenvalue weighted by atomic mass is 9.89. The molecule has 0 bridgehead atoms. The molecule has 0 radical (unpaired) electrons. The van der Waals surface area contributed by atoms with Crippen molar-refractivity contribution in [3.05, 3.63) is 35.9 Å². The van der Waals surface area contributed by atoms with Gasteiger partial charge in [-0.05, 0) is 42.8 Å². The van der Waals surface area contributed by atoms with E-state index in [-0.39, 0.29) is 0 Å². The van der Waals surface area contributed by atoms with E-state index in [1.807, 2.05) is 0 Å². The molecule has 98 valence electrons. The van der Waals surface area contributed by atoms with Crippen molar-refractivity contribution < 1.29 is 0 Å².